The van der Waals surface area contributed by atoms with Crippen molar-refractivity contribution in [2.24, 2.45) is 0 Å². The van der Waals surface area contributed by atoms with E-state index in [4.69, 9.17) is 4.74 Å². The molecule has 0 atom stereocenters. The van der Waals surface area contributed by atoms with E-state index >= 15 is 0 Å². The highest BCUT2D eigenvalue weighted by Crippen LogP contribution is 2.10. The summed E-state index contributed by atoms with van der Waals surface area (Å²) in [6.45, 7) is 1.35. The van der Waals surface area contributed by atoms with Crippen molar-refractivity contribution in [2.75, 3.05) is 26.8 Å². The van der Waals surface area contributed by atoms with E-state index in [0.29, 0.717) is 25.3 Å². The number of amides is 2. The molecule has 2 rings (SSSR count). The summed E-state index contributed by atoms with van der Waals surface area (Å²) >= 11 is 3.33. The van der Waals surface area contributed by atoms with Gasteiger partial charge in [-0.25, -0.2) is 0 Å². The number of halogens is 1. The highest BCUT2D eigenvalue weighted by molar-refractivity contribution is 9.10. The van der Waals surface area contributed by atoms with Crippen LogP contribution in [0.2, 0.25) is 0 Å². The van der Waals surface area contributed by atoms with Crippen LogP contribution in [0.15, 0.2) is 59.1 Å². The SMILES string of the molecule is COCCN(Cc1ccccc1)C(=O)CNC(=O)c1ccc(Br)cc1. The lowest BCUT2D eigenvalue weighted by molar-refractivity contribution is -0.131. The van der Waals surface area contributed by atoms with Crippen LogP contribution in [0, 0.1) is 0 Å². The smallest absolute Gasteiger partial charge is 0.251 e. The van der Waals surface area contributed by atoms with Crippen LogP contribution >= 0.6 is 15.9 Å². The van der Waals surface area contributed by atoms with Crippen molar-refractivity contribution in [3.63, 3.8) is 0 Å². The second-order valence-electron chi connectivity index (χ2n) is 5.48. The lowest BCUT2D eigenvalue weighted by atomic mass is 10.2. The predicted octanol–water partition coefficient (Wildman–Crippen LogP) is 2.85. The second-order valence-corrected chi connectivity index (χ2v) is 6.40. The van der Waals surface area contributed by atoms with Crippen LogP contribution in [0.4, 0.5) is 0 Å². The van der Waals surface area contributed by atoms with E-state index in [1.807, 2.05) is 30.3 Å². The number of carbonyl (C=O) groups is 2. The lowest BCUT2D eigenvalue weighted by Crippen LogP contribution is -2.41. The summed E-state index contributed by atoms with van der Waals surface area (Å²) < 4.78 is 5.98. The number of benzene rings is 2. The van der Waals surface area contributed by atoms with Gasteiger partial charge in [-0.1, -0.05) is 46.3 Å². The van der Waals surface area contributed by atoms with Gasteiger partial charge in [0.25, 0.3) is 5.91 Å². The van der Waals surface area contributed by atoms with Gasteiger partial charge < -0.3 is 15.0 Å². The van der Waals surface area contributed by atoms with E-state index in [1.165, 1.54) is 0 Å². The maximum atomic E-state index is 12.5. The minimum atomic E-state index is -0.271. The van der Waals surface area contributed by atoms with Crippen LogP contribution in [0.25, 0.3) is 0 Å². The first kappa shape index (κ1) is 19.1. The number of carbonyl (C=O) groups excluding carboxylic acids is 2. The van der Waals surface area contributed by atoms with Crippen molar-refractivity contribution in [3.05, 3.63) is 70.2 Å². The molecule has 0 aromatic heterocycles. The van der Waals surface area contributed by atoms with Gasteiger partial charge in [-0.2, -0.15) is 0 Å². The molecule has 6 heteroatoms. The van der Waals surface area contributed by atoms with Gasteiger partial charge in [-0.05, 0) is 29.8 Å². The molecule has 0 aliphatic rings. The molecule has 2 aromatic rings. The molecule has 132 valence electrons. The van der Waals surface area contributed by atoms with E-state index in [9.17, 15) is 9.59 Å². The van der Waals surface area contributed by atoms with Crippen molar-refractivity contribution in [3.8, 4) is 0 Å². The number of rotatable bonds is 8. The summed E-state index contributed by atoms with van der Waals surface area (Å²) in [5, 5.41) is 2.67. The number of ether oxygens (including phenoxy) is 1. The Bertz CT molecular complexity index is 690. The zero-order valence-corrected chi connectivity index (χ0v) is 15.7. The molecule has 2 aromatic carbocycles. The Labute approximate surface area is 156 Å². The van der Waals surface area contributed by atoms with Gasteiger partial charge in [-0.15, -0.1) is 0 Å². The molecular weight excluding hydrogens is 384 g/mol. The van der Waals surface area contributed by atoms with Gasteiger partial charge in [-0.3, -0.25) is 9.59 Å². The lowest BCUT2D eigenvalue weighted by Gasteiger charge is -2.22. The van der Waals surface area contributed by atoms with Crippen molar-refractivity contribution in [2.45, 2.75) is 6.54 Å². The van der Waals surface area contributed by atoms with E-state index in [1.54, 1.807) is 36.3 Å². The van der Waals surface area contributed by atoms with Crippen LogP contribution in [0.5, 0.6) is 0 Å². The number of nitrogens with one attached hydrogen (secondary N) is 1. The Morgan fingerprint density at radius 2 is 1.76 bits per heavy atom. The van der Waals surface area contributed by atoms with E-state index < -0.39 is 0 Å². The summed E-state index contributed by atoms with van der Waals surface area (Å²) in [6.07, 6.45) is 0. The summed E-state index contributed by atoms with van der Waals surface area (Å²) in [6, 6.07) is 16.7. The third kappa shape index (κ3) is 6.32. The maximum Gasteiger partial charge on any atom is 0.251 e. The zero-order valence-electron chi connectivity index (χ0n) is 14.1. The van der Waals surface area contributed by atoms with Crippen LogP contribution in [0.1, 0.15) is 15.9 Å². The van der Waals surface area contributed by atoms with Crippen molar-refractivity contribution < 1.29 is 14.3 Å². The highest BCUT2D eigenvalue weighted by atomic mass is 79.9. The first-order valence-corrected chi connectivity index (χ1v) is 8.74. The molecular formula is C19H21BrN2O3. The predicted molar refractivity (Wildman–Crippen MR) is 100 cm³/mol. The molecule has 0 bridgehead atoms. The van der Waals surface area contributed by atoms with Gasteiger partial charge in [0.2, 0.25) is 5.91 Å². The molecule has 1 N–H and O–H groups in total. The topological polar surface area (TPSA) is 58.6 Å². The summed E-state index contributed by atoms with van der Waals surface area (Å²) in [5.74, 6) is -0.418. The van der Waals surface area contributed by atoms with Crippen molar-refractivity contribution in [1.29, 1.82) is 0 Å². The van der Waals surface area contributed by atoms with Crippen LogP contribution in [-0.4, -0.2) is 43.5 Å². The quantitative estimate of drug-likeness (QED) is 0.735. The summed E-state index contributed by atoms with van der Waals surface area (Å²) in [5.41, 5.74) is 1.55. The molecule has 0 saturated carbocycles. The average molecular weight is 405 g/mol. The van der Waals surface area contributed by atoms with Crippen LogP contribution < -0.4 is 5.32 Å². The molecule has 0 heterocycles. The molecule has 25 heavy (non-hydrogen) atoms. The summed E-state index contributed by atoms with van der Waals surface area (Å²) in [7, 11) is 1.60. The minimum absolute atomic E-state index is 0.0502. The zero-order chi connectivity index (χ0) is 18.1. The first-order valence-electron chi connectivity index (χ1n) is 7.94. The fraction of sp³-hybridized carbons (Fsp3) is 0.263. The first-order chi connectivity index (χ1) is 12.1. The Kier molecular flexibility index (Phi) is 7.63. The van der Waals surface area contributed by atoms with E-state index in [-0.39, 0.29) is 18.4 Å². The fourth-order valence-electron chi connectivity index (χ4n) is 2.27. The Morgan fingerprint density at radius 1 is 1.08 bits per heavy atom. The molecule has 0 saturated heterocycles. The largest absolute Gasteiger partial charge is 0.383 e. The highest BCUT2D eigenvalue weighted by Gasteiger charge is 2.15. The standard InChI is InChI=1S/C19H21BrN2O3/c1-25-12-11-22(14-15-5-3-2-4-6-15)18(23)13-21-19(24)16-7-9-17(20)10-8-16/h2-10H,11-14H2,1H3,(H,21,24). The van der Waals surface area contributed by atoms with Gasteiger partial charge in [0.1, 0.15) is 0 Å². The molecule has 0 radical (unpaired) electrons. The van der Waals surface area contributed by atoms with Gasteiger partial charge in [0.15, 0.2) is 0 Å². The molecule has 0 spiro atoms. The van der Waals surface area contributed by atoms with Crippen LogP contribution in [0.3, 0.4) is 0 Å². The van der Waals surface area contributed by atoms with Crippen LogP contribution in [-0.2, 0) is 16.1 Å². The van der Waals surface area contributed by atoms with Gasteiger partial charge in [0, 0.05) is 30.2 Å². The second kappa shape index (κ2) is 9.96. The monoisotopic (exact) mass is 404 g/mol. The number of methoxy groups -OCH3 is 1. The van der Waals surface area contributed by atoms with Gasteiger partial charge in [0.05, 0.1) is 13.2 Å². The molecule has 0 unspecified atom stereocenters. The van der Waals surface area contributed by atoms with Crippen molar-refractivity contribution in [1.82, 2.24) is 10.2 Å². The molecule has 5 nitrogen and oxygen atoms in total. The average Bonchev–Trinajstić information content (AvgIpc) is 2.64. The molecule has 0 fully saturated rings. The Hall–Kier alpha value is -2.18. The fourth-order valence-corrected chi connectivity index (χ4v) is 2.53. The summed E-state index contributed by atoms with van der Waals surface area (Å²) in [4.78, 5) is 26.3. The van der Waals surface area contributed by atoms with E-state index in [0.717, 1.165) is 10.0 Å². The number of hydrogen-bond donors (Lipinski definition) is 1. The number of hydrogen-bond acceptors (Lipinski definition) is 3. The normalized spacial score (nSPS) is 10.3. The molecule has 0 aliphatic carbocycles. The maximum absolute atomic E-state index is 12.5. The Balaban J connectivity index is 1.93. The molecule has 0 aliphatic heterocycles. The Morgan fingerprint density at radius 3 is 2.40 bits per heavy atom. The van der Waals surface area contributed by atoms with Gasteiger partial charge >= 0.3 is 0 Å². The van der Waals surface area contributed by atoms with Crippen molar-refractivity contribution >= 4 is 27.7 Å². The molecule has 2 amide bonds. The number of nitrogens with zero attached hydrogens (tertiary/aromatic N) is 1. The third-order valence-corrected chi connectivity index (χ3v) is 4.17. The van der Waals surface area contributed by atoms with E-state index in [2.05, 4.69) is 21.2 Å². The third-order valence-electron chi connectivity index (χ3n) is 3.64. The minimum Gasteiger partial charge on any atom is -0.383 e.